The molecule has 0 aliphatic rings. The van der Waals surface area contributed by atoms with Crippen molar-refractivity contribution in [2.24, 2.45) is 5.14 Å². The highest BCUT2D eigenvalue weighted by molar-refractivity contribution is 7.89. The SMILES string of the molecule is NS(=O)(=O)c1ccc(NC(=O)N/C=C/c2cccc(F)c2)cc1. The number of nitrogens with one attached hydrogen (secondary N) is 2. The predicted molar refractivity (Wildman–Crippen MR) is 85.4 cm³/mol. The van der Waals surface area contributed by atoms with Crippen LogP contribution < -0.4 is 15.8 Å². The molecule has 0 aliphatic carbocycles. The zero-order valence-electron chi connectivity index (χ0n) is 11.9. The summed E-state index contributed by atoms with van der Waals surface area (Å²) in [7, 11) is -3.77. The number of nitrogens with two attached hydrogens (primary N) is 1. The van der Waals surface area contributed by atoms with Crippen LogP contribution in [0.25, 0.3) is 6.08 Å². The van der Waals surface area contributed by atoms with Crippen LogP contribution in [0, 0.1) is 5.82 Å². The number of carbonyl (C=O) groups is 1. The molecule has 0 aromatic heterocycles. The van der Waals surface area contributed by atoms with E-state index in [9.17, 15) is 17.6 Å². The van der Waals surface area contributed by atoms with E-state index in [1.54, 1.807) is 12.1 Å². The first kappa shape index (κ1) is 16.7. The average Bonchev–Trinajstić information content (AvgIpc) is 2.47. The molecule has 0 aliphatic heterocycles. The van der Waals surface area contributed by atoms with E-state index in [1.807, 2.05) is 0 Å². The molecule has 0 saturated heterocycles. The van der Waals surface area contributed by atoms with Crippen LogP contribution in [0.4, 0.5) is 14.9 Å². The van der Waals surface area contributed by atoms with Gasteiger partial charge in [0.1, 0.15) is 5.82 Å². The van der Waals surface area contributed by atoms with Gasteiger partial charge in [-0.1, -0.05) is 12.1 Å². The summed E-state index contributed by atoms with van der Waals surface area (Å²) in [6.07, 6.45) is 2.90. The molecule has 2 aromatic rings. The van der Waals surface area contributed by atoms with Gasteiger partial charge in [0, 0.05) is 11.9 Å². The molecule has 0 saturated carbocycles. The normalized spacial score (nSPS) is 11.4. The molecule has 0 spiro atoms. The van der Waals surface area contributed by atoms with Gasteiger partial charge in [-0.3, -0.25) is 0 Å². The van der Waals surface area contributed by atoms with E-state index in [-0.39, 0.29) is 10.7 Å². The minimum absolute atomic E-state index is 0.0468. The molecule has 8 heteroatoms. The number of rotatable bonds is 4. The number of halogens is 1. The van der Waals surface area contributed by atoms with Crippen molar-refractivity contribution in [2.75, 3.05) is 5.32 Å². The van der Waals surface area contributed by atoms with E-state index in [0.717, 1.165) is 0 Å². The molecule has 0 bridgehead atoms. The molecule has 0 unspecified atom stereocenters. The summed E-state index contributed by atoms with van der Waals surface area (Å²) in [4.78, 5) is 11.6. The van der Waals surface area contributed by atoms with Crippen molar-refractivity contribution in [3.8, 4) is 0 Å². The Kier molecular flexibility index (Phi) is 5.09. The van der Waals surface area contributed by atoms with E-state index in [0.29, 0.717) is 11.3 Å². The van der Waals surface area contributed by atoms with Crippen LogP contribution in [-0.4, -0.2) is 14.4 Å². The van der Waals surface area contributed by atoms with Crippen LogP contribution in [0.5, 0.6) is 0 Å². The minimum Gasteiger partial charge on any atom is -0.314 e. The van der Waals surface area contributed by atoms with Gasteiger partial charge in [-0.05, 0) is 48.0 Å². The molecule has 6 nitrogen and oxygen atoms in total. The first-order valence-electron chi connectivity index (χ1n) is 6.47. The van der Waals surface area contributed by atoms with Crippen molar-refractivity contribution in [3.05, 3.63) is 66.1 Å². The van der Waals surface area contributed by atoms with Gasteiger partial charge in [0.2, 0.25) is 10.0 Å². The lowest BCUT2D eigenvalue weighted by Crippen LogP contribution is -2.23. The van der Waals surface area contributed by atoms with E-state index in [2.05, 4.69) is 10.6 Å². The maximum absolute atomic E-state index is 13.0. The lowest BCUT2D eigenvalue weighted by atomic mass is 10.2. The van der Waals surface area contributed by atoms with Gasteiger partial charge in [0.15, 0.2) is 0 Å². The Morgan fingerprint density at radius 2 is 1.83 bits per heavy atom. The molecule has 2 amide bonds. The lowest BCUT2D eigenvalue weighted by molar-refractivity contribution is 0.255. The maximum atomic E-state index is 13.0. The molecule has 0 fully saturated rings. The molecule has 2 rings (SSSR count). The van der Waals surface area contributed by atoms with Crippen molar-refractivity contribution in [1.82, 2.24) is 5.32 Å². The Balaban J connectivity index is 1.92. The third-order valence-corrected chi connectivity index (χ3v) is 3.71. The highest BCUT2D eigenvalue weighted by Crippen LogP contribution is 2.12. The van der Waals surface area contributed by atoms with Crippen molar-refractivity contribution in [2.45, 2.75) is 4.90 Å². The number of amides is 2. The minimum atomic E-state index is -3.77. The Hall–Kier alpha value is -2.71. The van der Waals surface area contributed by atoms with Crippen molar-refractivity contribution >= 4 is 27.8 Å². The summed E-state index contributed by atoms with van der Waals surface area (Å²) in [6, 6.07) is 10.8. The fourth-order valence-electron chi connectivity index (χ4n) is 1.72. The van der Waals surface area contributed by atoms with Crippen LogP contribution in [0.3, 0.4) is 0 Å². The van der Waals surface area contributed by atoms with E-state index in [1.165, 1.54) is 48.7 Å². The summed E-state index contributed by atoms with van der Waals surface area (Å²) >= 11 is 0. The molecular formula is C15H14FN3O3S. The molecule has 4 N–H and O–H groups in total. The number of hydrogen-bond acceptors (Lipinski definition) is 3. The zero-order chi connectivity index (χ0) is 16.9. The number of hydrogen-bond donors (Lipinski definition) is 3. The Morgan fingerprint density at radius 3 is 2.43 bits per heavy atom. The summed E-state index contributed by atoms with van der Waals surface area (Å²) in [6.45, 7) is 0. The van der Waals surface area contributed by atoms with Gasteiger partial charge in [-0.2, -0.15) is 0 Å². The quantitative estimate of drug-likeness (QED) is 0.799. The predicted octanol–water partition coefficient (Wildman–Crippen LogP) is 2.27. The first-order chi connectivity index (χ1) is 10.8. The number of urea groups is 1. The maximum Gasteiger partial charge on any atom is 0.323 e. The van der Waals surface area contributed by atoms with Crippen LogP contribution in [0.15, 0.2) is 59.6 Å². The average molecular weight is 335 g/mol. The van der Waals surface area contributed by atoms with Crippen molar-refractivity contribution in [1.29, 1.82) is 0 Å². The molecule has 0 heterocycles. The van der Waals surface area contributed by atoms with Crippen LogP contribution in [0.1, 0.15) is 5.56 Å². The van der Waals surface area contributed by atoms with Crippen LogP contribution >= 0.6 is 0 Å². The third-order valence-electron chi connectivity index (χ3n) is 2.78. The van der Waals surface area contributed by atoms with E-state index < -0.39 is 16.1 Å². The smallest absolute Gasteiger partial charge is 0.314 e. The Bertz CT molecular complexity index is 833. The highest BCUT2D eigenvalue weighted by Gasteiger charge is 2.07. The summed E-state index contributed by atoms with van der Waals surface area (Å²) in [5, 5.41) is 9.93. The zero-order valence-corrected chi connectivity index (χ0v) is 12.7. The molecule has 23 heavy (non-hydrogen) atoms. The van der Waals surface area contributed by atoms with Gasteiger partial charge in [-0.15, -0.1) is 0 Å². The number of benzene rings is 2. The van der Waals surface area contributed by atoms with Gasteiger partial charge >= 0.3 is 6.03 Å². The Morgan fingerprint density at radius 1 is 1.13 bits per heavy atom. The topological polar surface area (TPSA) is 101 Å². The summed E-state index contributed by atoms with van der Waals surface area (Å²) < 4.78 is 35.2. The number of sulfonamides is 1. The van der Waals surface area contributed by atoms with Gasteiger partial charge in [0.25, 0.3) is 0 Å². The largest absolute Gasteiger partial charge is 0.323 e. The second kappa shape index (κ2) is 7.03. The van der Waals surface area contributed by atoms with Crippen LogP contribution in [-0.2, 0) is 10.0 Å². The first-order valence-corrected chi connectivity index (χ1v) is 8.02. The fraction of sp³-hybridized carbons (Fsp3) is 0. The monoisotopic (exact) mass is 335 g/mol. The molecule has 2 aromatic carbocycles. The highest BCUT2D eigenvalue weighted by atomic mass is 32.2. The molecule has 120 valence electrons. The van der Waals surface area contributed by atoms with E-state index in [4.69, 9.17) is 5.14 Å². The van der Waals surface area contributed by atoms with Crippen LogP contribution in [0.2, 0.25) is 0 Å². The second-order valence-electron chi connectivity index (χ2n) is 4.56. The fourth-order valence-corrected chi connectivity index (χ4v) is 2.23. The standard InChI is InChI=1S/C15H14FN3O3S/c16-12-3-1-2-11(10-12)8-9-18-15(20)19-13-4-6-14(7-5-13)23(17,21)22/h1-10H,(H2,17,21,22)(H2,18,19,20)/b9-8+. The Labute approximate surface area is 132 Å². The molecule has 0 atom stereocenters. The summed E-state index contributed by atoms with van der Waals surface area (Å²) in [5.74, 6) is -0.369. The number of carbonyl (C=O) groups excluding carboxylic acids is 1. The third kappa shape index (κ3) is 5.20. The lowest BCUT2D eigenvalue weighted by Gasteiger charge is -2.05. The van der Waals surface area contributed by atoms with Gasteiger partial charge < -0.3 is 10.6 Å². The molecule has 0 radical (unpaired) electrons. The van der Waals surface area contributed by atoms with Gasteiger partial charge in [-0.25, -0.2) is 22.7 Å². The number of primary sulfonamides is 1. The second-order valence-corrected chi connectivity index (χ2v) is 6.12. The van der Waals surface area contributed by atoms with Crippen molar-refractivity contribution < 1.29 is 17.6 Å². The van der Waals surface area contributed by atoms with Gasteiger partial charge in [0.05, 0.1) is 4.90 Å². The summed E-state index contributed by atoms with van der Waals surface area (Å²) in [5.41, 5.74) is 0.997. The number of anilines is 1. The molecular weight excluding hydrogens is 321 g/mol. The van der Waals surface area contributed by atoms with Crippen molar-refractivity contribution in [3.63, 3.8) is 0 Å². The van der Waals surface area contributed by atoms with E-state index >= 15 is 0 Å².